The van der Waals surface area contributed by atoms with Gasteiger partial charge in [0, 0.05) is 45.3 Å². The summed E-state index contributed by atoms with van der Waals surface area (Å²) in [5, 5.41) is 3.33. The van der Waals surface area contributed by atoms with E-state index in [-0.39, 0.29) is 36.7 Å². The van der Waals surface area contributed by atoms with Crippen molar-refractivity contribution in [1.29, 1.82) is 0 Å². The SMILES string of the molecule is Cl.O=C(CN1C(=O)c2ccccc2C1=O)N1CCC(N2CCNCC2)C1. The third kappa shape index (κ3) is 3.34. The fraction of sp³-hybridized carbons (Fsp3) is 0.500. The molecular weight excluding hydrogens is 356 g/mol. The molecule has 0 aliphatic carbocycles. The molecule has 1 aromatic rings. The van der Waals surface area contributed by atoms with Gasteiger partial charge in [0.1, 0.15) is 6.54 Å². The maximum atomic E-state index is 12.6. The summed E-state index contributed by atoms with van der Waals surface area (Å²) in [6.07, 6.45) is 0.952. The van der Waals surface area contributed by atoms with Crippen molar-refractivity contribution in [3.63, 3.8) is 0 Å². The molecule has 3 amide bonds. The lowest BCUT2D eigenvalue weighted by Gasteiger charge is -2.32. The van der Waals surface area contributed by atoms with Gasteiger partial charge >= 0.3 is 0 Å². The van der Waals surface area contributed by atoms with Crippen molar-refractivity contribution in [1.82, 2.24) is 20.0 Å². The minimum atomic E-state index is -0.369. The van der Waals surface area contributed by atoms with Gasteiger partial charge in [-0.25, -0.2) is 0 Å². The van der Waals surface area contributed by atoms with Gasteiger partial charge in [-0.2, -0.15) is 0 Å². The number of amides is 3. The summed E-state index contributed by atoms with van der Waals surface area (Å²) in [6.45, 7) is 5.19. The number of carbonyl (C=O) groups is 3. The number of fused-ring (bicyclic) bond motifs is 1. The lowest BCUT2D eigenvalue weighted by atomic mass is 10.1. The van der Waals surface area contributed by atoms with Crippen LogP contribution in [-0.4, -0.2) is 84.3 Å². The number of hydrogen-bond acceptors (Lipinski definition) is 5. The molecule has 8 heteroatoms. The van der Waals surface area contributed by atoms with Gasteiger partial charge in [0.05, 0.1) is 11.1 Å². The fourth-order valence-corrected chi connectivity index (χ4v) is 3.93. The first-order chi connectivity index (χ1) is 12.1. The third-order valence-electron chi connectivity index (χ3n) is 5.36. The number of benzene rings is 1. The first kappa shape index (κ1) is 18.8. The van der Waals surface area contributed by atoms with Gasteiger partial charge in [-0.15, -0.1) is 12.4 Å². The molecule has 0 bridgehead atoms. The second kappa shape index (κ2) is 7.73. The number of carbonyl (C=O) groups excluding carboxylic acids is 3. The Morgan fingerprint density at radius 1 is 1.04 bits per heavy atom. The van der Waals surface area contributed by atoms with E-state index in [9.17, 15) is 14.4 Å². The second-order valence-electron chi connectivity index (χ2n) is 6.81. The Morgan fingerprint density at radius 2 is 1.65 bits per heavy atom. The zero-order valence-corrected chi connectivity index (χ0v) is 15.3. The number of likely N-dealkylation sites (tertiary alicyclic amines) is 1. The minimum absolute atomic E-state index is 0. The normalized spacial score (nSPS) is 23.2. The first-order valence-corrected chi connectivity index (χ1v) is 8.83. The summed E-state index contributed by atoms with van der Waals surface area (Å²) in [6, 6.07) is 7.11. The summed E-state index contributed by atoms with van der Waals surface area (Å²) in [7, 11) is 0. The molecule has 2 saturated heterocycles. The number of piperazine rings is 1. The zero-order valence-electron chi connectivity index (χ0n) is 14.5. The van der Waals surface area contributed by atoms with Gasteiger partial charge in [0.15, 0.2) is 0 Å². The van der Waals surface area contributed by atoms with Gasteiger partial charge in [-0.3, -0.25) is 24.2 Å². The van der Waals surface area contributed by atoms with Crippen LogP contribution >= 0.6 is 12.4 Å². The van der Waals surface area contributed by atoms with Gasteiger partial charge in [-0.05, 0) is 18.6 Å². The Balaban J connectivity index is 0.00000196. The van der Waals surface area contributed by atoms with E-state index in [1.54, 1.807) is 29.2 Å². The molecule has 3 heterocycles. The average Bonchev–Trinajstić information content (AvgIpc) is 3.23. The van der Waals surface area contributed by atoms with E-state index in [4.69, 9.17) is 0 Å². The number of hydrogen-bond donors (Lipinski definition) is 1. The molecule has 1 unspecified atom stereocenters. The van der Waals surface area contributed by atoms with Crippen LogP contribution in [0.3, 0.4) is 0 Å². The van der Waals surface area contributed by atoms with Crippen molar-refractivity contribution < 1.29 is 14.4 Å². The van der Waals surface area contributed by atoms with Crippen LogP contribution in [-0.2, 0) is 4.79 Å². The highest BCUT2D eigenvalue weighted by Crippen LogP contribution is 2.23. The van der Waals surface area contributed by atoms with Gasteiger partial charge in [0.25, 0.3) is 11.8 Å². The van der Waals surface area contributed by atoms with Gasteiger partial charge < -0.3 is 10.2 Å². The van der Waals surface area contributed by atoms with E-state index in [0.29, 0.717) is 30.3 Å². The molecule has 1 atom stereocenters. The minimum Gasteiger partial charge on any atom is -0.340 e. The van der Waals surface area contributed by atoms with Crippen molar-refractivity contribution in [3.8, 4) is 0 Å². The average molecular weight is 379 g/mol. The molecule has 140 valence electrons. The van der Waals surface area contributed by atoms with Crippen LogP contribution in [0.2, 0.25) is 0 Å². The predicted octanol–water partition coefficient (Wildman–Crippen LogP) is 0.211. The first-order valence-electron chi connectivity index (χ1n) is 8.83. The molecule has 0 radical (unpaired) electrons. The van der Waals surface area contributed by atoms with Crippen molar-refractivity contribution in [2.24, 2.45) is 0 Å². The van der Waals surface area contributed by atoms with E-state index in [0.717, 1.165) is 37.5 Å². The highest BCUT2D eigenvalue weighted by molar-refractivity contribution is 6.22. The maximum absolute atomic E-state index is 12.6. The largest absolute Gasteiger partial charge is 0.340 e. The molecule has 0 saturated carbocycles. The van der Waals surface area contributed by atoms with Crippen LogP contribution in [0.4, 0.5) is 0 Å². The molecule has 2 fully saturated rings. The van der Waals surface area contributed by atoms with Gasteiger partial charge in [0.2, 0.25) is 5.91 Å². The Kier molecular flexibility index (Phi) is 5.60. The second-order valence-corrected chi connectivity index (χ2v) is 6.81. The Morgan fingerprint density at radius 3 is 2.27 bits per heavy atom. The van der Waals surface area contributed by atoms with Crippen LogP contribution < -0.4 is 5.32 Å². The lowest BCUT2D eigenvalue weighted by Crippen LogP contribution is -2.50. The van der Waals surface area contributed by atoms with E-state index in [2.05, 4.69) is 10.2 Å². The molecule has 0 spiro atoms. The number of halogens is 1. The van der Waals surface area contributed by atoms with E-state index >= 15 is 0 Å². The van der Waals surface area contributed by atoms with Crippen LogP contribution in [0, 0.1) is 0 Å². The monoisotopic (exact) mass is 378 g/mol. The van der Waals surface area contributed by atoms with Crippen LogP contribution in [0.5, 0.6) is 0 Å². The van der Waals surface area contributed by atoms with Crippen molar-refractivity contribution in [2.45, 2.75) is 12.5 Å². The molecule has 1 N–H and O–H groups in total. The number of imide groups is 1. The molecule has 7 nitrogen and oxygen atoms in total. The summed E-state index contributed by atoms with van der Waals surface area (Å²) >= 11 is 0. The third-order valence-corrected chi connectivity index (χ3v) is 5.36. The summed E-state index contributed by atoms with van der Waals surface area (Å²) < 4.78 is 0. The quantitative estimate of drug-likeness (QED) is 0.761. The summed E-state index contributed by atoms with van der Waals surface area (Å²) in [5.74, 6) is -0.884. The summed E-state index contributed by atoms with van der Waals surface area (Å²) in [4.78, 5) is 42.7. The Labute approximate surface area is 158 Å². The molecule has 4 rings (SSSR count). The van der Waals surface area contributed by atoms with Crippen molar-refractivity contribution in [3.05, 3.63) is 35.4 Å². The molecule has 1 aromatic carbocycles. The van der Waals surface area contributed by atoms with E-state index in [1.807, 2.05) is 0 Å². The van der Waals surface area contributed by atoms with Crippen molar-refractivity contribution >= 4 is 30.1 Å². The lowest BCUT2D eigenvalue weighted by molar-refractivity contribution is -0.130. The Hall–Kier alpha value is -1.96. The van der Waals surface area contributed by atoms with Crippen LogP contribution in [0.25, 0.3) is 0 Å². The maximum Gasteiger partial charge on any atom is 0.262 e. The molecule has 3 aliphatic rings. The number of rotatable bonds is 3. The molecule has 3 aliphatic heterocycles. The van der Waals surface area contributed by atoms with E-state index in [1.165, 1.54) is 0 Å². The van der Waals surface area contributed by atoms with Crippen LogP contribution in [0.1, 0.15) is 27.1 Å². The van der Waals surface area contributed by atoms with E-state index < -0.39 is 0 Å². The van der Waals surface area contributed by atoms with Crippen molar-refractivity contribution in [2.75, 3.05) is 45.8 Å². The highest BCUT2D eigenvalue weighted by atomic mass is 35.5. The fourth-order valence-electron chi connectivity index (χ4n) is 3.93. The number of nitrogens with zero attached hydrogens (tertiary/aromatic N) is 3. The summed E-state index contributed by atoms with van der Waals surface area (Å²) in [5.41, 5.74) is 0.779. The molecular formula is C18H23ClN4O3. The smallest absolute Gasteiger partial charge is 0.262 e. The zero-order chi connectivity index (χ0) is 17.4. The highest BCUT2D eigenvalue weighted by Gasteiger charge is 2.38. The standard InChI is InChI=1S/C18H22N4O3.ClH/c23-16(21-8-5-13(11-21)20-9-6-19-7-10-20)12-22-17(24)14-3-1-2-4-15(14)18(22)25;/h1-4,13,19H,5-12H2;1H. The molecule has 26 heavy (non-hydrogen) atoms. The Bertz CT molecular complexity index is 685. The van der Waals surface area contributed by atoms with Crippen LogP contribution in [0.15, 0.2) is 24.3 Å². The predicted molar refractivity (Wildman–Crippen MR) is 98.5 cm³/mol. The molecule has 0 aromatic heterocycles. The van der Waals surface area contributed by atoms with Gasteiger partial charge in [-0.1, -0.05) is 12.1 Å². The topological polar surface area (TPSA) is 73.0 Å². The number of nitrogens with one attached hydrogen (secondary N) is 1.